The van der Waals surface area contributed by atoms with Crippen LogP contribution in [0.3, 0.4) is 0 Å². The molecule has 2 saturated heterocycles. The van der Waals surface area contributed by atoms with E-state index in [4.69, 9.17) is 4.74 Å². The fourth-order valence-electron chi connectivity index (χ4n) is 3.69. The van der Waals surface area contributed by atoms with E-state index in [-0.39, 0.29) is 19.0 Å². The lowest BCUT2D eigenvalue weighted by Gasteiger charge is -2.43. The Morgan fingerprint density at radius 3 is 2.50 bits per heavy atom. The zero-order valence-corrected chi connectivity index (χ0v) is 17.0. The van der Waals surface area contributed by atoms with Crippen LogP contribution in [-0.2, 0) is 10.9 Å². The maximum absolute atomic E-state index is 13.6. The number of hydrogen-bond acceptors (Lipinski definition) is 8. The lowest BCUT2D eigenvalue weighted by molar-refractivity contribution is -0.137. The number of nitrogens with zero attached hydrogens (tertiary/aromatic N) is 7. The molecule has 3 aromatic rings. The molecule has 2 fully saturated rings. The molecular weight excluding hydrogens is 425 g/mol. The summed E-state index contributed by atoms with van der Waals surface area (Å²) in [6.07, 6.45) is -1.45. The molecule has 0 radical (unpaired) electrons. The second kappa shape index (κ2) is 8.36. The van der Waals surface area contributed by atoms with Gasteiger partial charge >= 0.3 is 6.18 Å². The van der Waals surface area contributed by atoms with Crippen LogP contribution in [0, 0.1) is 0 Å². The summed E-state index contributed by atoms with van der Waals surface area (Å²) >= 11 is 0. The Kier molecular flexibility index (Phi) is 5.39. The minimum absolute atomic E-state index is 0. The predicted octanol–water partition coefficient (Wildman–Crippen LogP) is 2.59. The number of aromatic nitrogens is 5. The molecule has 1 N–H and O–H groups in total. The molecule has 5 heterocycles. The van der Waals surface area contributed by atoms with Crippen molar-refractivity contribution in [3.8, 4) is 5.82 Å². The van der Waals surface area contributed by atoms with E-state index in [1.165, 1.54) is 11.0 Å². The lowest BCUT2D eigenvalue weighted by atomic mass is 10.1. The minimum Gasteiger partial charge on any atom is -0.378 e. The number of ether oxygens (including phenoxy) is 1. The summed E-state index contributed by atoms with van der Waals surface area (Å²) in [4.78, 5) is 16.9. The van der Waals surface area contributed by atoms with E-state index in [2.05, 4.69) is 30.3 Å². The predicted molar refractivity (Wildman–Crippen MR) is 112 cm³/mol. The van der Waals surface area contributed by atoms with Crippen LogP contribution in [0.5, 0.6) is 0 Å². The molecule has 5 rings (SSSR count). The Hall–Kier alpha value is -3.25. The van der Waals surface area contributed by atoms with Crippen molar-refractivity contribution in [3.05, 3.63) is 48.4 Å². The second-order valence-corrected chi connectivity index (χ2v) is 7.64. The summed E-state index contributed by atoms with van der Waals surface area (Å²) in [6, 6.07) is 7.78. The highest BCUT2D eigenvalue weighted by Crippen LogP contribution is 2.33. The van der Waals surface area contributed by atoms with Crippen molar-refractivity contribution in [3.63, 3.8) is 0 Å². The van der Waals surface area contributed by atoms with Gasteiger partial charge in [-0.15, -0.1) is 5.10 Å². The van der Waals surface area contributed by atoms with Crippen LogP contribution in [0.2, 0.25) is 0 Å². The van der Waals surface area contributed by atoms with Gasteiger partial charge in [0.25, 0.3) is 0 Å². The smallest absolute Gasteiger partial charge is 0.378 e. The molecule has 3 aromatic heterocycles. The van der Waals surface area contributed by atoms with E-state index in [0.717, 1.165) is 25.2 Å². The fourth-order valence-corrected chi connectivity index (χ4v) is 3.69. The molecule has 9 nitrogen and oxygen atoms in total. The van der Waals surface area contributed by atoms with Crippen LogP contribution in [0.25, 0.3) is 5.82 Å². The van der Waals surface area contributed by atoms with Crippen molar-refractivity contribution in [1.82, 2.24) is 29.6 Å². The summed E-state index contributed by atoms with van der Waals surface area (Å²) < 4.78 is 47.3. The Morgan fingerprint density at radius 2 is 1.84 bits per heavy atom. The molecule has 0 aromatic carbocycles. The van der Waals surface area contributed by atoms with E-state index >= 15 is 0 Å². The maximum atomic E-state index is 13.6. The van der Waals surface area contributed by atoms with Crippen molar-refractivity contribution in [2.75, 3.05) is 49.6 Å². The first-order valence-corrected chi connectivity index (χ1v) is 10.2. The second-order valence-electron chi connectivity index (χ2n) is 7.64. The number of alkyl halides is 3. The van der Waals surface area contributed by atoms with Gasteiger partial charge in [0.1, 0.15) is 18.0 Å². The molecule has 0 bridgehead atoms. The quantitative estimate of drug-likeness (QED) is 0.638. The molecular formula is C20H23F3N8O. The van der Waals surface area contributed by atoms with Crippen LogP contribution >= 0.6 is 0 Å². The van der Waals surface area contributed by atoms with E-state index in [0.29, 0.717) is 38.2 Å². The minimum atomic E-state index is -4.50. The molecule has 2 aliphatic heterocycles. The van der Waals surface area contributed by atoms with Gasteiger partial charge in [-0.1, -0.05) is 6.07 Å². The van der Waals surface area contributed by atoms with Gasteiger partial charge in [0.15, 0.2) is 5.82 Å². The van der Waals surface area contributed by atoms with Crippen molar-refractivity contribution in [2.45, 2.75) is 12.2 Å². The van der Waals surface area contributed by atoms with Crippen LogP contribution in [0.15, 0.2) is 42.9 Å². The summed E-state index contributed by atoms with van der Waals surface area (Å²) in [7, 11) is 0. The van der Waals surface area contributed by atoms with Gasteiger partial charge in [0.2, 0.25) is 5.95 Å². The third kappa shape index (κ3) is 4.36. The van der Waals surface area contributed by atoms with Crippen LogP contribution < -0.4 is 10.2 Å². The van der Waals surface area contributed by atoms with Gasteiger partial charge in [0, 0.05) is 33.8 Å². The van der Waals surface area contributed by atoms with Crippen LogP contribution in [-0.4, -0.2) is 75.1 Å². The molecule has 0 atom stereocenters. The van der Waals surface area contributed by atoms with Crippen molar-refractivity contribution in [1.29, 1.82) is 0 Å². The van der Waals surface area contributed by atoms with E-state index in [1.807, 2.05) is 4.90 Å². The average molecular weight is 448 g/mol. The first-order chi connectivity index (χ1) is 15.5. The summed E-state index contributed by atoms with van der Waals surface area (Å²) in [5.74, 6) is 0.975. The summed E-state index contributed by atoms with van der Waals surface area (Å²) in [5.41, 5.74) is -0.774. The Morgan fingerprint density at radius 1 is 1.03 bits per heavy atom. The number of nitrogens with one attached hydrogen (secondary N) is 1. The molecule has 0 aliphatic carbocycles. The van der Waals surface area contributed by atoms with Crippen molar-refractivity contribution < 1.29 is 19.3 Å². The third-order valence-electron chi connectivity index (χ3n) is 5.53. The highest BCUT2D eigenvalue weighted by Gasteiger charge is 2.34. The van der Waals surface area contributed by atoms with Gasteiger partial charge in [-0.05, 0) is 24.3 Å². The SMILES string of the molecule is FC(F)(F)c1cc(Nc2ncn(-c3ccccn3)n2)nc(N2CCN(C3COC3)CC2)c1.[HH]. The number of rotatable bonds is 5. The largest absolute Gasteiger partial charge is 0.416 e. The average Bonchev–Trinajstić information content (AvgIpc) is 3.21. The first kappa shape index (κ1) is 20.6. The summed E-state index contributed by atoms with van der Waals surface area (Å²) in [5, 5.41) is 7.03. The normalized spacial score (nSPS) is 17.9. The number of hydrogen-bond donors (Lipinski definition) is 1. The Labute approximate surface area is 183 Å². The highest BCUT2D eigenvalue weighted by molar-refractivity contribution is 5.56. The number of piperazine rings is 1. The Balaban J connectivity index is 0.00000259. The van der Waals surface area contributed by atoms with Crippen molar-refractivity contribution in [2.24, 2.45) is 0 Å². The van der Waals surface area contributed by atoms with Gasteiger partial charge in [0.05, 0.1) is 24.8 Å². The first-order valence-electron chi connectivity index (χ1n) is 10.2. The molecule has 0 amide bonds. The van der Waals surface area contributed by atoms with E-state index < -0.39 is 11.7 Å². The van der Waals surface area contributed by atoms with Crippen LogP contribution in [0.1, 0.15) is 6.99 Å². The Bertz CT molecular complexity index is 1070. The molecule has 32 heavy (non-hydrogen) atoms. The third-order valence-corrected chi connectivity index (χ3v) is 5.53. The molecule has 0 spiro atoms. The monoisotopic (exact) mass is 448 g/mol. The molecule has 170 valence electrons. The van der Waals surface area contributed by atoms with E-state index in [9.17, 15) is 13.2 Å². The maximum Gasteiger partial charge on any atom is 0.416 e. The highest BCUT2D eigenvalue weighted by atomic mass is 19.4. The van der Waals surface area contributed by atoms with Crippen LogP contribution in [0.4, 0.5) is 30.8 Å². The standard InChI is InChI=1S/C20H21F3N8O.H2/c21-20(22,23)14-9-16(27-19-25-13-31(28-19)17-3-1-2-4-24-17)26-18(10-14)30-7-5-29(6-8-30)15-11-32-12-15;/h1-4,9-10,13,15H,5-8,11-12H2,(H,26,27,28);1H. The zero-order valence-electron chi connectivity index (χ0n) is 17.0. The molecule has 12 heteroatoms. The number of pyridine rings is 2. The zero-order chi connectivity index (χ0) is 22.1. The van der Waals surface area contributed by atoms with Gasteiger partial charge in [-0.2, -0.15) is 18.2 Å². The van der Waals surface area contributed by atoms with Gasteiger partial charge < -0.3 is 15.0 Å². The molecule has 0 saturated carbocycles. The molecule has 2 aliphatic rings. The fraction of sp³-hybridized carbons (Fsp3) is 0.400. The number of anilines is 3. The van der Waals surface area contributed by atoms with Gasteiger partial charge in [-0.25, -0.2) is 14.6 Å². The lowest BCUT2D eigenvalue weighted by Crippen LogP contribution is -2.56. The van der Waals surface area contributed by atoms with Crippen molar-refractivity contribution >= 4 is 17.6 Å². The summed E-state index contributed by atoms with van der Waals surface area (Å²) in [6.45, 7) is 4.13. The molecule has 0 unspecified atom stereocenters. The number of halogens is 3. The van der Waals surface area contributed by atoms with Gasteiger partial charge in [-0.3, -0.25) is 4.90 Å². The topological polar surface area (TPSA) is 84.2 Å². The van der Waals surface area contributed by atoms with E-state index in [1.54, 1.807) is 24.4 Å².